The fourth-order valence-corrected chi connectivity index (χ4v) is 3.65. The van der Waals surface area contributed by atoms with E-state index in [0.29, 0.717) is 22.0 Å². The van der Waals surface area contributed by atoms with Crippen LogP contribution in [0.1, 0.15) is 45.0 Å². The van der Waals surface area contributed by atoms with Crippen molar-refractivity contribution in [2.45, 2.75) is 46.8 Å². The van der Waals surface area contributed by atoms with Gasteiger partial charge in [-0.15, -0.1) is 0 Å². The summed E-state index contributed by atoms with van der Waals surface area (Å²) >= 11 is 1.34. The fourth-order valence-electron chi connectivity index (χ4n) is 2.65. The highest BCUT2D eigenvalue weighted by molar-refractivity contribution is 7.23. The second-order valence-corrected chi connectivity index (χ2v) is 7.53. The zero-order valence-electron chi connectivity index (χ0n) is 15.9. The summed E-state index contributed by atoms with van der Waals surface area (Å²) in [6.07, 6.45) is 1.18. The molecule has 0 atom stereocenters. The molecular formula is C19H22N2O5S. The molecule has 8 heteroatoms. The van der Waals surface area contributed by atoms with Gasteiger partial charge in [0.15, 0.2) is 16.5 Å². The average Bonchev–Trinajstić information content (AvgIpc) is 2.92. The summed E-state index contributed by atoms with van der Waals surface area (Å²) in [7, 11) is 0. The van der Waals surface area contributed by atoms with Gasteiger partial charge < -0.3 is 14.2 Å². The summed E-state index contributed by atoms with van der Waals surface area (Å²) in [4.78, 5) is 29.7. The van der Waals surface area contributed by atoms with Crippen LogP contribution >= 0.6 is 11.3 Å². The quantitative estimate of drug-likeness (QED) is 0.598. The zero-order chi connectivity index (χ0) is 19.7. The maximum absolute atomic E-state index is 12.9. The Labute approximate surface area is 160 Å². The lowest BCUT2D eigenvalue weighted by Crippen LogP contribution is -2.23. The number of thiazole rings is 1. The molecule has 0 unspecified atom stereocenters. The molecule has 0 amide bonds. The third kappa shape index (κ3) is 3.75. The standard InChI is InChI=1S/C19H22N2O5S/c1-6-24-18(23)12-9-20-19-21(17(12)22)13-7-14(25-10(2)3)15(26-11(4)5)8-16(13)27-19/h7-11H,6H2,1-5H3. The molecule has 0 fully saturated rings. The molecule has 1 aromatic carbocycles. The Morgan fingerprint density at radius 3 is 2.37 bits per heavy atom. The number of aromatic nitrogens is 2. The summed E-state index contributed by atoms with van der Waals surface area (Å²) < 4.78 is 18.9. The Morgan fingerprint density at radius 2 is 1.78 bits per heavy atom. The first-order valence-electron chi connectivity index (χ1n) is 8.80. The highest BCUT2D eigenvalue weighted by atomic mass is 32.1. The molecular weight excluding hydrogens is 368 g/mol. The molecule has 0 aliphatic heterocycles. The number of ether oxygens (including phenoxy) is 3. The van der Waals surface area contributed by atoms with Crippen LogP contribution in [0.3, 0.4) is 0 Å². The third-order valence-corrected chi connectivity index (χ3v) is 4.63. The van der Waals surface area contributed by atoms with Crippen molar-refractivity contribution in [3.05, 3.63) is 34.2 Å². The Balaban J connectivity index is 2.26. The van der Waals surface area contributed by atoms with Gasteiger partial charge in [0.1, 0.15) is 5.56 Å². The van der Waals surface area contributed by atoms with E-state index >= 15 is 0 Å². The van der Waals surface area contributed by atoms with Crippen molar-refractivity contribution in [2.24, 2.45) is 0 Å². The van der Waals surface area contributed by atoms with Gasteiger partial charge in [-0.1, -0.05) is 11.3 Å². The number of hydrogen-bond acceptors (Lipinski definition) is 7. The van der Waals surface area contributed by atoms with Crippen LogP contribution in [0, 0.1) is 0 Å². The largest absolute Gasteiger partial charge is 0.487 e. The molecule has 2 heterocycles. The lowest BCUT2D eigenvalue weighted by molar-refractivity contribution is 0.0523. The van der Waals surface area contributed by atoms with Gasteiger partial charge in [-0.05, 0) is 34.6 Å². The van der Waals surface area contributed by atoms with Crippen LogP contribution < -0.4 is 15.0 Å². The molecule has 3 aromatic rings. The van der Waals surface area contributed by atoms with Crippen molar-refractivity contribution in [1.29, 1.82) is 0 Å². The molecule has 0 saturated heterocycles. The lowest BCUT2D eigenvalue weighted by atomic mass is 10.2. The van der Waals surface area contributed by atoms with Crippen LogP contribution in [0.4, 0.5) is 0 Å². The molecule has 0 bridgehead atoms. The number of rotatable bonds is 6. The molecule has 3 rings (SSSR count). The number of benzene rings is 1. The van der Waals surface area contributed by atoms with Gasteiger partial charge in [-0.3, -0.25) is 9.20 Å². The van der Waals surface area contributed by atoms with E-state index in [9.17, 15) is 9.59 Å². The van der Waals surface area contributed by atoms with Gasteiger partial charge >= 0.3 is 5.97 Å². The van der Waals surface area contributed by atoms with Crippen LogP contribution in [0.15, 0.2) is 23.1 Å². The van der Waals surface area contributed by atoms with E-state index in [1.165, 1.54) is 21.9 Å². The second kappa shape index (κ2) is 7.56. The van der Waals surface area contributed by atoms with Gasteiger partial charge in [0.2, 0.25) is 0 Å². The molecule has 27 heavy (non-hydrogen) atoms. The normalized spacial score (nSPS) is 11.5. The number of hydrogen-bond donors (Lipinski definition) is 0. The summed E-state index contributed by atoms with van der Waals surface area (Å²) in [5.74, 6) is 0.470. The number of carbonyl (C=O) groups is 1. The molecule has 0 radical (unpaired) electrons. The Morgan fingerprint density at radius 1 is 1.15 bits per heavy atom. The van der Waals surface area contributed by atoms with E-state index in [4.69, 9.17) is 14.2 Å². The van der Waals surface area contributed by atoms with Crippen molar-refractivity contribution in [1.82, 2.24) is 9.38 Å². The summed E-state index contributed by atoms with van der Waals surface area (Å²) in [6, 6.07) is 3.60. The van der Waals surface area contributed by atoms with Crippen molar-refractivity contribution in [3.63, 3.8) is 0 Å². The number of fused-ring (bicyclic) bond motifs is 3. The van der Waals surface area contributed by atoms with Gasteiger partial charge in [-0.2, -0.15) is 0 Å². The van der Waals surface area contributed by atoms with E-state index in [-0.39, 0.29) is 24.4 Å². The summed E-state index contributed by atoms with van der Waals surface area (Å²) in [5, 5.41) is 0. The van der Waals surface area contributed by atoms with Gasteiger partial charge in [0.05, 0.1) is 35.2 Å². The molecule has 144 valence electrons. The predicted molar refractivity (Wildman–Crippen MR) is 104 cm³/mol. The van der Waals surface area contributed by atoms with Crippen LogP contribution in [0.2, 0.25) is 0 Å². The fraction of sp³-hybridized carbons (Fsp3) is 0.421. The topological polar surface area (TPSA) is 79.1 Å². The zero-order valence-corrected chi connectivity index (χ0v) is 16.8. The molecule has 0 saturated carbocycles. The number of esters is 1. The Kier molecular flexibility index (Phi) is 5.36. The van der Waals surface area contributed by atoms with E-state index in [0.717, 1.165) is 4.70 Å². The van der Waals surface area contributed by atoms with Crippen LogP contribution in [-0.4, -0.2) is 34.2 Å². The Bertz CT molecular complexity index is 1050. The lowest BCUT2D eigenvalue weighted by Gasteiger charge is -2.17. The third-order valence-electron chi connectivity index (χ3n) is 3.62. The predicted octanol–water partition coefficient (Wildman–Crippen LogP) is 3.66. The van der Waals surface area contributed by atoms with Crippen molar-refractivity contribution < 1.29 is 19.0 Å². The minimum absolute atomic E-state index is 0.0254. The molecule has 0 N–H and O–H groups in total. The SMILES string of the molecule is CCOC(=O)c1cnc2sc3cc(OC(C)C)c(OC(C)C)cc3n2c1=O. The molecule has 0 aliphatic rings. The van der Waals surface area contributed by atoms with Crippen molar-refractivity contribution in [3.8, 4) is 11.5 Å². The van der Waals surface area contributed by atoms with Crippen molar-refractivity contribution >= 4 is 32.5 Å². The second-order valence-electron chi connectivity index (χ2n) is 6.52. The minimum Gasteiger partial charge on any atom is -0.487 e. The van der Waals surface area contributed by atoms with E-state index in [1.54, 1.807) is 13.0 Å². The highest BCUT2D eigenvalue weighted by Crippen LogP contribution is 2.37. The van der Waals surface area contributed by atoms with Crippen molar-refractivity contribution in [2.75, 3.05) is 6.61 Å². The van der Waals surface area contributed by atoms with Gasteiger partial charge in [-0.25, -0.2) is 9.78 Å². The smallest absolute Gasteiger partial charge is 0.345 e. The Hall–Kier alpha value is -2.61. The summed E-state index contributed by atoms with van der Waals surface area (Å²) in [5.41, 5.74) is 0.0611. The van der Waals surface area contributed by atoms with E-state index in [2.05, 4.69) is 4.98 Å². The van der Waals surface area contributed by atoms with E-state index in [1.807, 2.05) is 33.8 Å². The summed E-state index contributed by atoms with van der Waals surface area (Å²) in [6.45, 7) is 9.59. The molecule has 0 spiro atoms. The maximum Gasteiger partial charge on any atom is 0.345 e. The number of carbonyl (C=O) groups excluding carboxylic acids is 1. The molecule has 7 nitrogen and oxygen atoms in total. The molecule has 2 aromatic heterocycles. The highest BCUT2D eigenvalue weighted by Gasteiger charge is 2.20. The molecule has 0 aliphatic carbocycles. The van der Waals surface area contributed by atoms with E-state index < -0.39 is 11.5 Å². The first kappa shape index (κ1) is 19.2. The van der Waals surface area contributed by atoms with Gasteiger partial charge in [0, 0.05) is 12.1 Å². The first-order chi connectivity index (χ1) is 12.8. The monoisotopic (exact) mass is 390 g/mol. The first-order valence-corrected chi connectivity index (χ1v) is 9.62. The maximum atomic E-state index is 12.9. The average molecular weight is 390 g/mol. The van der Waals surface area contributed by atoms with Crippen LogP contribution in [0.25, 0.3) is 15.2 Å². The van der Waals surface area contributed by atoms with Gasteiger partial charge in [0.25, 0.3) is 5.56 Å². The van der Waals surface area contributed by atoms with Crippen LogP contribution in [0.5, 0.6) is 11.5 Å². The van der Waals surface area contributed by atoms with Crippen LogP contribution in [-0.2, 0) is 4.74 Å². The number of nitrogens with zero attached hydrogens (tertiary/aromatic N) is 2. The minimum atomic E-state index is -0.679.